The normalized spacial score (nSPS) is 17.3. The van der Waals surface area contributed by atoms with Crippen LogP contribution in [0.5, 0.6) is 5.88 Å². The van der Waals surface area contributed by atoms with Gasteiger partial charge in [-0.25, -0.2) is 4.98 Å². The Hall–Kier alpha value is -1.79. The van der Waals surface area contributed by atoms with Gasteiger partial charge in [0.2, 0.25) is 5.88 Å². The highest BCUT2D eigenvalue weighted by molar-refractivity contribution is 9.10. The summed E-state index contributed by atoms with van der Waals surface area (Å²) in [7, 11) is 3.57. The van der Waals surface area contributed by atoms with E-state index in [1.54, 1.807) is 7.11 Å². The minimum absolute atomic E-state index is 0.0335. The SMILES string of the molecule is COc1nc(C2=NOCC(c3ccc(Cl)cc3C)N2C)ccc1Br. The third-order valence-corrected chi connectivity index (χ3v) is 4.85. The van der Waals surface area contributed by atoms with Crippen LogP contribution in [0.25, 0.3) is 0 Å². The van der Waals surface area contributed by atoms with Crippen LogP contribution in [0.1, 0.15) is 22.9 Å². The van der Waals surface area contributed by atoms with Crippen molar-refractivity contribution in [1.29, 1.82) is 0 Å². The van der Waals surface area contributed by atoms with Crippen LogP contribution in [0.2, 0.25) is 5.02 Å². The Kier molecular flexibility index (Phi) is 4.96. The summed E-state index contributed by atoms with van der Waals surface area (Å²) in [6.07, 6.45) is 0. The summed E-state index contributed by atoms with van der Waals surface area (Å²) in [5.74, 6) is 1.17. The quantitative estimate of drug-likeness (QED) is 0.761. The van der Waals surface area contributed by atoms with Gasteiger partial charge in [-0.2, -0.15) is 0 Å². The number of aromatic nitrogens is 1. The van der Waals surface area contributed by atoms with Crippen molar-refractivity contribution in [2.24, 2.45) is 5.16 Å². The highest BCUT2D eigenvalue weighted by Crippen LogP contribution is 2.30. The number of pyridine rings is 1. The molecule has 24 heavy (non-hydrogen) atoms. The van der Waals surface area contributed by atoms with Crippen LogP contribution in [-0.4, -0.2) is 36.5 Å². The summed E-state index contributed by atoms with van der Waals surface area (Å²) < 4.78 is 6.06. The van der Waals surface area contributed by atoms with Gasteiger partial charge in [-0.05, 0) is 58.2 Å². The average molecular weight is 411 g/mol. The Labute approximate surface area is 154 Å². The van der Waals surface area contributed by atoms with Gasteiger partial charge in [0.25, 0.3) is 0 Å². The molecule has 2 aromatic rings. The number of nitrogens with zero attached hydrogens (tertiary/aromatic N) is 3. The summed E-state index contributed by atoms with van der Waals surface area (Å²) in [6.45, 7) is 2.51. The van der Waals surface area contributed by atoms with E-state index in [-0.39, 0.29) is 6.04 Å². The minimum atomic E-state index is 0.0335. The Bertz CT molecular complexity index is 797. The van der Waals surface area contributed by atoms with E-state index in [4.69, 9.17) is 21.2 Å². The van der Waals surface area contributed by atoms with Crippen LogP contribution in [-0.2, 0) is 4.84 Å². The molecule has 0 aliphatic carbocycles. The summed E-state index contributed by atoms with van der Waals surface area (Å²) in [5.41, 5.74) is 2.96. The van der Waals surface area contributed by atoms with Crippen LogP contribution in [0.4, 0.5) is 0 Å². The van der Waals surface area contributed by atoms with Crippen molar-refractivity contribution < 1.29 is 9.57 Å². The van der Waals surface area contributed by atoms with Gasteiger partial charge in [0.15, 0.2) is 5.84 Å². The molecule has 1 atom stereocenters. The topological polar surface area (TPSA) is 47.0 Å². The van der Waals surface area contributed by atoms with E-state index < -0.39 is 0 Å². The van der Waals surface area contributed by atoms with Gasteiger partial charge in [-0.3, -0.25) is 0 Å². The minimum Gasteiger partial charge on any atom is -0.480 e. The molecule has 0 bridgehead atoms. The smallest absolute Gasteiger partial charge is 0.228 e. The van der Waals surface area contributed by atoms with E-state index in [2.05, 4.69) is 31.0 Å². The van der Waals surface area contributed by atoms with Crippen LogP contribution < -0.4 is 4.74 Å². The van der Waals surface area contributed by atoms with E-state index in [0.717, 1.165) is 20.6 Å². The fraction of sp³-hybridized carbons (Fsp3) is 0.294. The molecule has 1 unspecified atom stereocenters. The molecule has 7 heteroatoms. The fourth-order valence-electron chi connectivity index (χ4n) is 2.72. The molecule has 1 aromatic heterocycles. The summed E-state index contributed by atoms with van der Waals surface area (Å²) in [4.78, 5) is 12.0. The molecule has 0 saturated heterocycles. The molecular formula is C17H17BrClN3O2. The van der Waals surface area contributed by atoms with Crippen molar-refractivity contribution in [2.45, 2.75) is 13.0 Å². The summed E-state index contributed by atoms with van der Waals surface area (Å²) in [5, 5.41) is 4.92. The third kappa shape index (κ3) is 3.21. The maximum Gasteiger partial charge on any atom is 0.228 e. The van der Waals surface area contributed by atoms with Crippen molar-refractivity contribution in [3.63, 3.8) is 0 Å². The van der Waals surface area contributed by atoms with Crippen LogP contribution in [0.3, 0.4) is 0 Å². The Morgan fingerprint density at radius 1 is 1.33 bits per heavy atom. The number of amidine groups is 1. The zero-order valence-electron chi connectivity index (χ0n) is 13.6. The number of hydrogen-bond acceptors (Lipinski definition) is 5. The standard InChI is InChI=1S/C17H17BrClN3O2/c1-10-8-11(19)4-5-12(10)15-9-24-21-16(22(15)2)14-7-6-13(18)17(20-14)23-3/h4-8,15H,9H2,1-3H3. The maximum atomic E-state index is 6.07. The van der Waals surface area contributed by atoms with Gasteiger partial charge in [0, 0.05) is 12.1 Å². The van der Waals surface area contributed by atoms with Gasteiger partial charge in [-0.15, -0.1) is 0 Å². The van der Waals surface area contributed by atoms with Crippen LogP contribution in [0, 0.1) is 6.92 Å². The second-order valence-corrected chi connectivity index (χ2v) is 6.82. The lowest BCUT2D eigenvalue weighted by molar-refractivity contribution is 0.0694. The highest BCUT2D eigenvalue weighted by atomic mass is 79.9. The average Bonchev–Trinajstić information content (AvgIpc) is 2.56. The molecular weight excluding hydrogens is 394 g/mol. The lowest BCUT2D eigenvalue weighted by atomic mass is 10.00. The molecule has 1 aromatic carbocycles. The molecule has 126 valence electrons. The number of hydrogen-bond donors (Lipinski definition) is 0. The van der Waals surface area contributed by atoms with Gasteiger partial charge in [0.1, 0.15) is 12.3 Å². The predicted octanol–water partition coefficient (Wildman–Crippen LogP) is 4.18. The van der Waals surface area contributed by atoms with Gasteiger partial charge in [0.05, 0.1) is 17.6 Å². The first-order chi connectivity index (χ1) is 11.5. The number of halogens is 2. The molecule has 1 aliphatic rings. The number of rotatable bonds is 3. The number of aryl methyl sites for hydroxylation is 1. The maximum absolute atomic E-state index is 6.07. The van der Waals surface area contributed by atoms with Crippen molar-refractivity contribution in [3.8, 4) is 5.88 Å². The summed E-state index contributed by atoms with van der Waals surface area (Å²) >= 11 is 9.48. The zero-order valence-corrected chi connectivity index (χ0v) is 15.9. The number of benzene rings is 1. The molecule has 2 heterocycles. The lowest BCUT2D eigenvalue weighted by Gasteiger charge is -2.34. The zero-order chi connectivity index (χ0) is 17.3. The Morgan fingerprint density at radius 3 is 2.83 bits per heavy atom. The Morgan fingerprint density at radius 2 is 2.12 bits per heavy atom. The van der Waals surface area contributed by atoms with E-state index in [1.807, 2.05) is 44.3 Å². The largest absolute Gasteiger partial charge is 0.480 e. The molecule has 0 N–H and O–H groups in total. The molecule has 5 nitrogen and oxygen atoms in total. The van der Waals surface area contributed by atoms with Crippen molar-refractivity contribution >= 4 is 33.4 Å². The number of likely N-dealkylation sites (N-methyl/N-ethyl adjacent to an activating group) is 1. The van der Waals surface area contributed by atoms with Crippen LogP contribution in [0.15, 0.2) is 40.0 Å². The Balaban J connectivity index is 1.95. The second-order valence-electron chi connectivity index (χ2n) is 5.53. The van der Waals surface area contributed by atoms with E-state index >= 15 is 0 Å². The van der Waals surface area contributed by atoms with Crippen LogP contribution >= 0.6 is 27.5 Å². The van der Waals surface area contributed by atoms with Crippen molar-refractivity contribution in [3.05, 3.63) is 56.6 Å². The number of oxime groups is 1. The summed E-state index contributed by atoms with van der Waals surface area (Å²) in [6, 6.07) is 9.67. The number of ether oxygens (including phenoxy) is 1. The first-order valence-electron chi connectivity index (χ1n) is 7.41. The monoisotopic (exact) mass is 409 g/mol. The second kappa shape index (κ2) is 6.99. The predicted molar refractivity (Wildman–Crippen MR) is 97.7 cm³/mol. The molecule has 0 saturated carbocycles. The first kappa shape index (κ1) is 17.0. The molecule has 0 amide bonds. The molecule has 0 spiro atoms. The lowest BCUT2D eigenvalue weighted by Crippen LogP contribution is -2.38. The fourth-order valence-corrected chi connectivity index (χ4v) is 3.33. The molecule has 0 fully saturated rings. The molecule has 3 rings (SSSR count). The van der Waals surface area contributed by atoms with Crippen molar-refractivity contribution in [1.82, 2.24) is 9.88 Å². The van der Waals surface area contributed by atoms with Gasteiger partial charge >= 0.3 is 0 Å². The highest BCUT2D eigenvalue weighted by Gasteiger charge is 2.28. The van der Waals surface area contributed by atoms with E-state index in [9.17, 15) is 0 Å². The first-order valence-corrected chi connectivity index (χ1v) is 8.58. The number of methoxy groups -OCH3 is 1. The van der Waals surface area contributed by atoms with Crippen molar-refractivity contribution in [2.75, 3.05) is 20.8 Å². The molecule has 0 radical (unpaired) electrons. The molecule has 1 aliphatic heterocycles. The van der Waals surface area contributed by atoms with Gasteiger partial charge in [-0.1, -0.05) is 22.8 Å². The van der Waals surface area contributed by atoms with Gasteiger partial charge < -0.3 is 14.5 Å². The van der Waals surface area contributed by atoms with E-state index in [0.29, 0.717) is 24.0 Å². The third-order valence-electron chi connectivity index (χ3n) is 4.01. The van der Waals surface area contributed by atoms with E-state index in [1.165, 1.54) is 0 Å².